The van der Waals surface area contributed by atoms with E-state index >= 15 is 0 Å². The fourth-order valence-electron chi connectivity index (χ4n) is 5.80. The molecule has 2 aliphatic rings. The van der Waals surface area contributed by atoms with E-state index in [4.69, 9.17) is 0 Å². The largest absolute Gasteiger partial charge is 0.354 e. The van der Waals surface area contributed by atoms with Gasteiger partial charge < -0.3 is 9.47 Å². The normalized spacial score (nSPS) is 16.0. The van der Waals surface area contributed by atoms with Crippen LogP contribution in [0.3, 0.4) is 0 Å². The van der Waals surface area contributed by atoms with Crippen LogP contribution in [-0.2, 0) is 25.8 Å². The molecule has 186 valence electrons. The summed E-state index contributed by atoms with van der Waals surface area (Å²) in [6.07, 6.45) is 6.78. The van der Waals surface area contributed by atoms with Gasteiger partial charge in [0.1, 0.15) is 5.82 Å². The molecule has 4 nitrogen and oxygen atoms in total. The van der Waals surface area contributed by atoms with Gasteiger partial charge in [0.05, 0.1) is 5.52 Å². The Morgan fingerprint density at radius 3 is 2.44 bits per heavy atom. The second-order valence-corrected chi connectivity index (χ2v) is 10.3. The van der Waals surface area contributed by atoms with Gasteiger partial charge in [0.25, 0.3) is 0 Å². The topological polar surface area (TPSA) is 24.3 Å². The maximum atomic E-state index is 4.59. The number of aromatic nitrogens is 2. The molecule has 2 aromatic heterocycles. The summed E-state index contributed by atoms with van der Waals surface area (Å²) < 4.78 is 2.62. The van der Waals surface area contributed by atoms with Gasteiger partial charge in [-0.25, -0.2) is 4.98 Å². The van der Waals surface area contributed by atoms with E-state index < -0.39 is 0 Å². The van der Waals surface area contributed by atoms with Gasteiger partial charge in [-0.3, -0.25) is 4.90 Å². The summed E-state index contributed by atoms with van der Waals surface area (Å²) in [4.78, 5) is 9.67. The molecule has 0 saturated carbocycles. The lowest BCUT2D eigenvalue weighted by atomic mass is 9.94. The summed E-state index contributed by atoms with van der Waals surface area (Å²) in [7, 11) is 0. The molecule has 2 aliphatic heterocycles. The number of hydrogen-bond donors (Lipinski definition) is 0. The van der Waals surface area contributed by atoms with Gasteiger partial charge in [0, 0.05) is 56.5 Å². The Morgan fingerprint density at radius 1 is 0.971 bits per heavy atom. The van der Waals surface area contributed by atoms with E-state index in [1.807, 2.05) is 6.20 Å². The van der Waals surface area contributed by atoms with Gasteiger partial charge in [-0.15, -0.1) is 24.8 Å². The summed E-state index contributed by atoms with van der Waals surface area (Å²) in [6, 6.07) is 9.30. The SMILES string of the molecule is Cc1ccnc(N2CCN(CCc3c(C)n4c5c(cc(CC(C)C)cc35)CCC4)CC2)c1.Cl.Cl. The molecule has 3 aromatic rings. The van der Waals surface area contributed by atoms with Crippen molar-refractivity contribution in [2.75, 3.05) is 37.6 Å². The molecule has 0 atom stereocenters. The monoisotopic (exact) mass is 502 g/mol. The lowest BCUT2D eigenvalue weighted by molar-refractivity contribution is 0.260. The number of pyridine rings is 1. The van der Waals surface area contributed by atoms with E-state index in [0.29, 0.717) is 5.92 Å². The summed E-state index contributed by atoms with van der Waals surface area (Å²) in [5.41, 5.74) is 9.03. The molecule has 0 spiro atoms. The number of halogens is 2. The van der Waals surface area contributed by atoms with Crippen molar-refractivity contribution in [2.24, 2.45) is 5.92 Å². The van der Waals surface area contributed by atoms with Crippen molar-refractivity contribution in [2.45, 2.75) is 59.9 Å². The number of aryl methyl sites for hydroxylation is 3. The zero-order valence-electron chi connectivity index (χ0n) is 21.1. The number of benzene rings is 1. The second-order valence-electron chi connectivity index (χ2n) is 10.3. The molecular formula is C28H40Cl2N4. The van der Waals surface area contributed by atoms with Crippen molar-refractivity contribution >= 4 is 41.5 Å². The molecule has 1 aromatic carbocycles. The van der Waals surface area contributed by atoms with E-state index in [-0.39, 0.29) is 24.8 Å². The van der Waals surface area contributed by atoms with Crippen LogP contribution < -0.4 is 4.90 Å². The Hall–Kier alpha value is -1.75. The molecule has 6 heteroatoms. The molecule has 5 rings (SSSR count). The summed E-state index contributed by atoms with van der Waals surface area (Å²) in [5.74, 6) is 1.83. The number of piperazine rings is 1. The average Bonchev–Trinajstić information content (AvgIpc) is 3.04. The molecule has 1 fully saturated rings. The van der Waals surface area contributed by atoms with Crippen LogP contribution in [0.5, 0.6) is 0 Å². The van der Waals surface area contributed by atoms with Crippen molar-refractivity contribution in [1.82, 2.24) is 14.5 Å². The predicted molar refractivity (Wildman–Crippen MR) is 149 cm³/mol. The Balaban J connectivity index is 0.00000162. The fraction of sp³-hybridized carbons (Fsp3) is 0.536. The van der Waals surface area contributed by atoms with Gasteiger partial charge in [-0.2, -0.15) is 0 Å². The van der Waals surface area contributed by atoms with Crippen LogP contribution in [-0.4, -0.2) is 47.2 Å². The van der Waals surface area contributed by atoms with E-state index in [1.165, 1.54) is 53.5 Å². The Bertz CT molecular complexity index is 1110. The average molecular weight is 504 g/mol. The van der Waals surface area contributed by atoms with Gasteiger partial charge in [0.2, 0.25) is 0 Å². The minimum Gasteiger partial charge on any atom is -0.354 e. The molecule has 0 aliphatic carbocycles. The van der Waals surface area contributed by atoms with Crippen LogP contribution in [0.25, 0.3) is 10.9 Å². The molecule has 0 amide bonds. The van der Waals surface area contributed by atoms with E-state index in [9.17, 15) is 0 Å². The maximum absolute atomic E-state index is 4.59. The summed E-state index contributed by atoms with van der Waals surface area (Å²) in [6.45, 7) is 15.9. The smallest absolute Gasteiger partial charge is 0.128 e. The highest BCUT2D eigenvalue weighted by Gasteiger charge is 2.23. The molecule has 0 unspecified atom stereocenters. The Morgan fingerprint density at radius 2 is 1.74 bits per heavy atom. The van der Waals surface area contributed by atoms with Crippen LogP contribution in [0, 0.1) is 19.8 Å². The fourth-order valence-corrected chi connectivity index (χ4v) is 5.80. The summed E-state index contributed by atoms with van der Waals surface area (Å²) >= 11 is 0. The lowest BCUT2D eigenvalue weighted by Gasteiger charge is -2.35. The second kappa shape index (κ2) is 11.3. The van der Waals surface area contributed by atoms with E-state index in [1.54, 1.807) is 11.1 Å². The van der Waals surface area contributed by atoms with Crippen LogP contribution >= 0.6 is 24.8 Å². The third kappa shape index (κ3) is 5.40. The first kappa shape index (κ1) is 26.8. The number of anilines is 1. The van der Waals surface area contributed by atoms with Crippen molar-refractivity contribution in [3.05, 3.63) is 58.4 Å². The van der Waals surface area contributed by atoms with Crippen molar-refractivity contribution in [3.63, 3.8) is 0 Å². The zero-order chi connectivity index (χ0) is 22.2. The standard InChI is InChI=1S/C28H38N4.2ClH/c1-20(2)16-23-18-24-6-5-10-32-22(4)25(26(19-23)28(24)32)8-11-30-12-14-31(15-13-30)27-17-21(3)7-9-29-27;;/h7,9,17-20H,5-6,8,10-16H2,1-4H3;2*1H. The molecule has 0 bridgehead atoms. The predicted octanol–water partition coefficient (Wildman–Crippen LogP) is 6.01. The lowest BCUT2D eigenvalue weighted by Crippen LogP contribution is -2.47. The van der Waals surface area contributed by atoms with E-state index in [2.05, 4.69) is 71.3 Å². The molecule has 0 N–H and O–H groups in total. The highest BCUT2D eigenvalue weighted by molar-refractivity contribution is 5.89. The zero-order valence-corrected chi connectivity index (χ0v) is 22.8. The molecule has 34 heavy (non-hydrogen) atoms. The van der Waals surface area contributed by atoms with Crippen LogP contribution in [0.4, 0.5) is 5.82 Å². The van der Waals surface area contributed by atoms with E-state index in [0.717, 1.165) is 45.0 Å². The molecule has 0 radical (unpaired) electrons. The van der Waals surface area contributed by atoms with Gasteiger partial charge in [-0.1, -0.05) is 19.9 Å². The quantitative estimate of drug-likeness (QED) is 0.412. The molecular weight excluding hydrogens is 463 g/mol. The highest BCUT2D eigenvalue weighted by Crippen LogP contribution is 2.34. The Kier molecular flexibility index (Phi) is 8.94. The molecule has 1 saturated heterocycles. The number of rotatable bonds is 6. The van der Waals surface area contributed by atoms with Crippen molar-refractivity contribution < 1.29 is 0 Å². The third-order valence-corrected chi connectivity index (χ3v) is 7.43. The van der Waals surface area contributed by atoms with Crippen LogP contribution in [0.15, 0.2) is 30.5 Å². The van der Waals surface area contributed by atoms with Crippen LogP contribution in [0.1, 0.15) is 48.2 Å². The van der Waals surface area contributed by atoms with Gasteiger partial charge in [-0.05, 0) is 85.9 Å². The number of hydrogen-bond acceptors (Lipinski definition) is 3. The first-order valence-electron chi connectivity index (χ1n) is 12.5. The Labute approximate surface area is 217 Å². The first-order valence-corrected chi connectivity index (χ1v) is 12.5. The summed E-state index contributed by atoms with van der Waals surface area (Å²) in [5, 5.41) is 1.54. The number of nitrogens with zero attached hydrogens (tertiary/aromatic N) is 4. The van der Waals surface area contributed by atoms with Gasteiger partial charge >= 0.3 is 0 Å². The van der Waals surface area contributed by atoms with Crippen molar-refractivity contribution in [3.8, 4) is 0 Å². The third-order valence-electron chi connectivity index (χ3n) is 7.43. The van der Waals surface area contributed by atoms with Crippen molar-refractivity contribution in [1.29, 1.82) is 0 Å². The van der Waals surface area contributed by atoms with Crippen LogP contribution in [0.2, 0.25) is 0 Å². The van der Waals surface area contributed by atoms with Gasteiger partial charge in [0.15, 0.2) is 0 Å². The highest BCUT2D eigenvalue weighted by atomic mass is 35.5. The molecule has 4 heterocycles. The minimum atomic E-state index is 0. The first-order chi connectivity index (χ1) is 15.5. The minimum absolute atomic E-state index is 0. The maximum Gasteiger partial charge on any atom is 0.128 e.